The number of piperidine rings is 1. The summed E-state index contributed by atoms with van der Waals surface area (Å²) in [7, 11) is 0. The van der Waals surface area contributed by atoms with Gasteiger partial charge in [-0.1, -0.05) is 0 Å². The zero-order valence-electron chi connectivity index (χ0n) is 14.9. The molecule has 0 aromatic carbocycles. The molecule has 10 heteroatoms. The summed E-state index contributed by atoms with van der Waals surface area (Å²) in [6, 6.07) is 3.33. The van der Waals surface area contributed by atoms with Crippen molar-refractivity contribution in [2.45, 2.75) is 31.8 Å². The second kappa shape index (κ2) is 8.88. The topological polar surface area (TPSA) is 138 Å². The lowest BCUT2D eigenvalue weighted by molar-refractivity contribution is -0.150. The van der Waals surface area contributed by atoms with Crippen LogP contribution >= 0.6 is 0 Å². The van der Waals surface area contributed by atoms with Gasteiger partial charge in [0.15, 0.2) is 0 Å². The van der Waals surface area contributed by atoms with Crippen LogP contribution in [0.25, 0.3) is 0 Å². The van der Waals surface area contributed by atoms with E-state index in [0.717, 1.165) is 0 Å². The Morgan fingerprint density at radius 3 is 2.56 bits per heavy atom. The number of amides is 2. The van der Waals surface area contributed by atoms with Gasteiger partial charge in [-0.05, 0) is 31.9 Å². The summed E-state index contributed by atoms with van der Waals surface area (Å²) >= 11 is 0. The van der Waals surface area contributed by atoms with Crippen LogP contribution in [0.15, 0.2) is 35.2 Å². The number of carboxylic acids is 1. The third-order valence-corrected chi connectivity index (χ3v) is 4.56. The number of aromatic nitrogens is 2. The molecule has 1 fully saturated rings. The van der Waals surface area contributed by atoms with Crippen molar-refractivity contribution in [1.29, 1.82) is 0 Å². The largest absolute Gasteiger partial charge is 0.483 e. The average molecular weight is 378 g/mol. The zero-order valence-corrected chi connectivity index (χ0v) is 14.9. The molecule has 1 aliphatic rings. The summed E-state index contributed by atoms with van der Waals surface area (Å²) in [6.07, 6.45) is 5.52. The number of imidazole rings is 1. The maximum atomic E-state index is 12.2. The zero-order chi connectivity index (χ0) is 19.9. The number of rotatable bonds is 4. The highest BCUT2D eigenvalue weighted by Crippen LogP contribution is 2.31. The second-order valence-electron chi connectivity index (χ2n) is 6.01. The Morgan fingerprint density at radius 1 is 1.41 bits per heavy atom. The average Bonchev–Trinajstić information content (AvgIpc) is 3.32. The predicted molar refractivity (Wildman–Crippen MR) is 93.0 cm³/mol. The molecule has 0 spiro atoms. The molecule has 2 aromatic heterocycles. The lowest BCUT2D eigenvalue weighted by Crippen LogP contribution is -2.54. The van der Waals surface area contributed by atoms with Crippen molar-refractivity contribution < 1.29 is 29.0 Å². The minimum absolute atomic E-state index is 0.215. The predicted octanol–water partition coefficient (Wildman–Crippen LogP) is 1.27. The maximum absolute atomic E-state index is 12.2. The molecule has 146 valence electrons. The first-order chi connectivity index (χ1) is 12.9. The molecular weight excluding hydrogens is 356 g/mol. The second-order valence-corrected chi connectivity index (χ2v) is 6.01. The van der Waals surface area contributed by atoms with Crippen LogP contribution in [-0.4, -0.2) is 56.2 Å². The van der Waals surface area contributed by atoms with Crippen molar-refractivity contribution in [3.05, 3.63) is 42.4 Å². The minimum Gasteiger partial charge on any atom is -0.483 e. The summed E-state index contributed by atoms with van der Waals surface area (Å²) < 4.78 is 6.88. The van der Waals surface area contributed by atoms with Gasteiger partial charge in [0, 0.05) is 25.5 Å². The molecule has 3 rings (SSSR count). The lowest BCUT2D eigenvalue weighted by atomic mass is 9.87. The molecular formula is C17H22N4O6. The fourth-order valence-electron chi connectivity index (χ4n) is 3.16. The molecule has 1 saturated heterocycles. The van der Waals surface area contributed by atoms with Crippen LogP contribution in [-0.2, 0) is 21.7 Å². The van der Waals surface area contributed by atoms with E-state index in [4.69, 9.17) is 14.3 Å². The number of hydrogen-bond donors (Lipinski definition) is 3. The number of aryl methyl sites for hydroxylation is 1. The van der Waals surface area contributed by atoms with Crippen molar-refractivity contribution in [2.75, 3.05) is 13.1 Å². The molecule has 0 radical (unpaired) electrons. The van der Waals surface area contributed by atoms with Crippen LogP contribution in [0.2, 0.25) is 0 Å². The third kappa shape index (κ3) is 4.46. The Bertz CT molecular complexity index is 762. The number of urea groups is 1. The highest BCUT2D eigenvalue weighted by molar-refractivity contribution is 5.78. The quantitative estimate of drug-likeness (QED) is 0.681. The van der Waals surface area contributed by atoms with Gasteiger partial charge < -0.3 is 29.4 Å². The summed E-state index contributed by atoms with van der Waals surface area (Å²) in [5.74, 6) is 0.446. The maximum Gasteiger partial charge on any atom is 0.330 e. The molecule has 2 aromatic rings. The van der Waals surface area contributed by atoms with Crippen LogP contribution in [0.3, 0.4) is 0 Å². The van der Waals surface area contributed by atoms with Gasteiger partial charge in [0.05, 0.1) is 12.8 Å². The van der Waals surface area contributed by atoms with Gasteiger partial charge in [0.2, 0.25) is 0 Å². The van der Waals surface area contributed by atoms with Crippen LogP contribution in [0.1, 0.15) is 24.4 Å². The Morgan fingerprint density at radius 2 is 2.07 bits per heavy atom. The normalized spacial score (nSPS) is 15.4. The van der Waals surface area contributed by atoms with E-state index >= 15 is 0 Å². The van der Waals surface area contributed by atoms with Crippen molar-refractivity contribution in [3.63, 3.8) is 0 Å². The smallest absolute Gasteiger partial charge is 0.330 e. The van der Waals surface area contributed by atoms with E-state index in [-0.39, 0.29) is 12.5 Å². The molecule has 0 atom stereocenters. The lowest BCUT2D eigenvalue weighted by Gasteiger charge is -2.40. The van der Waals surface area contributed by atoms with E-state index in [1.165, 1.54) is 0 Å². The summed E-state index contributed by atoms with van der Waals surface area (Å²) in [4.78, 5) is 38.3. The van der Waals surface area contributed by atoms with Crippen LogP contribution in [0.4, 0.5) is 4.79 Å². The monoisotopic (exact) mass is 378 g/mol. The van der Waals surface area contributed by atoms with Crippen molar-refractivity contribution in [2.24, 2.45) is 0 Å². The fraction of sp³-hybridized carbons (Fsp3) is 0.412. The Labute approximate surface area is 155 Å². The number of likely N-dealkylation sites (tertiary alicyclic amines) is 1. The van der Waals surface area contributed by atoms with Gasteiger partial charge in [-0.2, -0.15) is 0 Å². The van der Waals surface area contributed by atoms with Crippen molar-refractivity contribution in [1.82, 2.24) is 19.8 Å². The molecule has 0 saturated carbocycles. The number of aliphatic carboxylic acids is 1. The number of hydrogen-bond acceptors (Lipinski definition) is 5. The highest BCUT2D eigenvalue weighted by Gasteiger charge is 2.44. The van der Waals surface area contributed by atoms with Crippen LogP contribution in [0.5, 0.6) is 0 Å². The van der Waals surface area contributed by atoms with E-state index in [1.807, 2.05) is 0 Å². The van der Waals surface area contributed by atoms with Crippen molar-refractivity contribution in [3.8, 4) is 0 Å². The van der Waals surface area contributed by atoms with Crippen molar-refractivity contribution >= 4 is 18.5 Å². The van der Waals surface area contributed by atoms with E-state index in [9.17, 15) is 14.7 Å². The third-order valence-electron chi connectivity index (χ3n) is 4.56. The Balaban J connectivity index is 0.000000817. The first kappa shape index (κ1) is 20.0. The standard InChI is InChI=1S/C16H20N4O4.CH2O2/c1-12-17-6-9-20(12)16(14(21)22)4-7-19(8-5-16)15(23)18-11-13-3-2-10-24-13;2-1-3/h2-3,6,9-10H,4-5,7-8,11H2,1H3,(H,18,23)(H,21,22);1H,(H,2,3). The summed E-state index contributed by atoms with van der Waals surface area (Å²) in [5, 5.41) is 19.4. The minimum atomic E-state index is -1.04. The SMILES string of the molecule is Cc1nccn1C1(C(=O)O)CCN(C(=O)NCc2ccco2)CC1.O=CO. The molecule has 0 unspecified atom stereocenters. The number of carbonyl (C=O) groups excluding carboxylic acids is 1. The molecule has 10 nitrogen and oxygen atoms in total. The molecule has 3 heterocycles. The number of nitrogens with zero attached hydrogens (tertiary/aromatic N) is 3. The first-order valence-corrected chi connectivity index (χ1v) is 8.31. The highest BCUT2D eigenvalue weighted by atomic mass is 16.4. The van der Waals surface area contributed by atoms with Gasteiger partial charge in [-0.15, -0.1) is 0 Å². The summed E-state index contributed by atoms with van der Waals surface area (Å²) in [6.45, 7) is 2.59. The van der Waals surface area contributed by atoms with Crippen LogP contribution in [0, 0.1) is 6.92 Å². The van der Waals surface area contributed by atoms with E-state index < -0.39 is 11.5 Å². The molecule has 0 aliphatic carbocycles. The van der Waals surface area contributed by atoms with Gasteiger partial charge >= 0.3 is 12.0 Å². The Kier molecular flexibility index (Phi) is 6.58. The first-order valence-electron chi connectivity index (χ1n) is 8.31. The number of carbonyl (C=O) groups is 3. The number of furan rings is 1. The molecule has 27 heavy (non-hydrogen) atoms. The van der Waals surface area contributed by atoms with E-state index in [1.54, 1.807) is 47.2 Å². The van der Waals surface area contributed by atoms with E-state index in [2.05, 4.69) is 10.3 Å². The summed E-state index contributed by atoms with van der Waals surface area (Å²) in [5.41, 5.74) is -1.04. The van der Waals surface area contributed by atoms with Crippen LogP contribution < -0.4 is 5.32 Å². The molecule has 1 aliphatic heterocycles. The Hall–Kier alpha value is -3.30. The van der Waals surface area contributed by atoms with Gasteiger partial charge in [0.25, 0.3) is 6.47 Å². The van der Waals surface area contributed by atoms with Gasteiger partial charge in [-0.25, -0.2) is 14.6 Å². The van der Waals surface area contributed by atoms with Gasteiger partial charge in [-0.3, -0.25) is 4.79 Å². The molecule has 3 N–H and O–H groups in total. The number of carboxylic acid groups (broad SMARTS) is 2. The molecule has 2 amide bonds. The molecule has 0 bridgehead atoms. The van der Waals surface area contributed by atoms with E-state index in [0.29, 0.717) is 44.1 Å². The van der Waals surface area contributed by atoms with Gasteiger partial charge in [0.1, 0.15) is 17.1 Å². The number of nitrogens with one attached hydrogen (secondary N) is 1. The fourth-order valence-corrected chi connectivity index (χ4v) is 3.16.